The topological polar surface area (TPSA) is 0 Å². The van der Waals surface area contributed by atoms with Gasteiger partial charge >= 0.3 is 0 Å². The van der Waals surface area contributed by atoms with Crippen LogP contribution in [0.5, 0.6) is 0 Å². The zero-order valence-corrected chi connectivity index (χ0v) is 8.95. The molecule has 0 aliphatic carbocycles. The van der Waals surface area contributed by atoms with Gasteiger partial charge in [0.1, 0.15) is 0 Å². The summed E-state index contributed by atoms with van der Waals surface area (Å²) in [6.45, 7) is 5.93. The Balaban J connectivity index is -0.0000000125. The number of unbranched alkanes of at least 4 members (excludes halogenated alkanes) is 3. The van der Waals surface area contributed by atoms with Crippen molar-refractivity contribution in [3.63, 3.8) is 0 Å². The fourth-order valence-corrected chi connectivity index (χ4v) is 0.427. The standard InChI is InChI=1S/C6H13.3CH4.CH3.Y/c1-3-5-6-4-2;;;;;/h1,3-6H2,2H3;3*1H4;1H3;/q-1;;;;-1;. The Morgan fingerprint density at radius 2 is 1.36 bits per heavy atom. The van der Waals surface area contributed by atoms with Gasteiger partial charge in [0.2, 0.25) is 0 Å². The Hall–Kier alpha value is 1.10. The van der Waals surface area contributed by atoms with Crippen LogP contribution in [0.3, 0.4) is 0 Å². The van der Waals surface area contributed by atoms with E-state index in [1.54, 1.807) is 0 Å². The van der Waals surface area contributed by atoms with Crippen LogP contribution in [0, 0.1) is 14.4 Å². The molecule has 0 amide bonds. The third-order valence-electron chi connectivity index (χ3n) is 0.854. The quantitative estimate of drug-likeness (QED) is 0.490. The summed E-state index contributed by atoms with van der Waals surface area (Å²) in [6.07, 6.45) is 5.07. The van der Waals surface area contributed by atoms with Gasteiger partial charge in [0.25, 0.3) is 0 Å². The Labute approximate surface area is 101 Å². The molecule has 1 radical (unpaired) electrons. The molecule has 0 rings (SSSR count). The largest absolute Gasteiger partial charge is 0.358 e. The molecule has 0 atom stereocenters. The van der Waals surface area contributed by atoms with Crippen molar-refractivity contribution < 1.29 is 32.7 Å². The van der Waals surface area contributed by atoms with E-state index in [1.165, 1.54) is 19.3 Å². The molecule has 0 aromatic heterocycles. The van der Waals surface area contributed by atoms with Gasteiger partial charge in [-0.15, -0.1) is 0 Å². The molecule has 0 N–H and O–H groups in total. The monoisotopic (exact) mass is 237 g/mol. The molecular weight excluding hydrogens is 209 g/mol. The van der Waals surface area contributed by atoms with Crippen molar-refractivity contribution >= 4 is 0 Å². The normalized spacial score (nSPS) is 4.91. The molecule has 0 fully saturated rings. The first kappa shape index (κ1) is 40.1. The second kappa shape index (κ2) is 43.5. The molecule has 0 nitrogen and oxygen atoms in total. The summed E-state index contributed by atoms with van der Waals surface area (Å²) in [5, 5.41) is 0. The second-order valence-electron chi connectivity index (χ2n) is 1.56. The number of rotatable bonds is 3. The van der Waals surface area contributed by atoms with Crippen molar-refractivity contribution in [2.75, 3.05) is 0 Å². The maximum atomic E-state index is 3.72. The third kappa shape index (κ3) is 54.6. The number of hydrogen-bond acceptors (Lipinski definition) is 0. The Kier molecular flexibility index (Phi) is 158. The van der Waals surface area contributed by atoms with Crippen LogP contribution in [0.1, 0.15) is 54.9 Å². The van der Waals surface area contributed by atoms with Crippen molar-refractivity contribution in [1.82, 2.24) is 0 Å². The molecule has 0 aromatic carbocycles. The van der Waals surface area contributed by atoms with Crippen LogP contribution in [-0.2, 0) is 32.7 Å². The maximum Gasteiger partial charge on any atom is 0 e. The molecule has 0 unspecified atom stereocenters. The van der Waals surface area contributed by atoms with E-state index < -0.39 is 0 Å². The van der Waals surface area contributed by atoms with Gasteiger partial charge in [0.05, 0.1) is 0 Å². The van der Waals surface area contributed by atoms with Crippen LogP contribution in [-0.4, -0.2) is 0 Å². The molecule has 0 aliphatic rings. The summed E-state index contributed by atoms with van der Waals surface area (Å²) >= 11 is 0. The van der Waals surface area contributed by atoms with Crippen molar-refractivity contribution in [3.8, 4) is 0 Å². The average Bonchev–Trinajstić information content (AvgIpc) is 1.61. The molecule has 0 aromatic rings. The zero-order chi connectivity index (χ0) is 4.83. The van der Waals surface area contributed by atoms with Crippen LogP contribution < -0.4 is 0 Å². The summed E-state index contributed by atoms with van der Waals surface area (Å²) in [7, 11) is 0. The van der Waals surface area contributed by atoms with E-state index in [0.717, 1.165) is 6.42 Å². The first-order chi connectivity index (χ1) is 2.91. The van der Waals surface area contributed by atoms with Crippen LogP contribution >= 0.6 is 0 Å². The van der Waals surface area contributed by atoms with Crippen molar-refractivity contribution in [1.29, 1.82) is 0 Å². The van der Waals surface area contributed by atoms with Crippen molar-refractivity contribution in [2.45, 2.75) is 54.9 Å². The molecule has 0 aliphatic heterocycles. The molecule has 11 heavy (non-hydrogen) atoms. The average molecular weight is 237 g/mol. The van der Waals surface area contributed by atoms with Gasteiger partial charge in [-0.25, -0.2) is 0 Å². The Morgan fingerprint density at radius 1 is 1.00 bits per heavy atom. The van der Waals surface area contributed by atoms with E-state index in [2.05, 4.69) is 13.8 Å². The van der Waals surface area contributed by atoms with E-state index in [0.29, 0.717) is 0 Å². The van der Waals surface area contributed by atoms with Gasteiger partial charge in [0, 0.05) is 32.7 Å². The predicted molar refractivity (Wildman–Crippen MR) is 56.1 cm³/mol. The van der Waals surface area contributed by atoms with Crippen LogP contribution in [0.2, 0.25) is 0 Å². The molecule has 73 valence electrons. The van der Waals surface area contributed by atoms with Crippen LogP contribution in [0.25, 0.3) is 0 Å². The van der Waals surface area contributed by atoms with E-state index in [4.69, 9.17) is 0 Å². The van der Waals surface area contributed by atoms with Gasteiger partial charge in [-0.05, 0) is 0 Å². The van der Waals surface area contributed by atoms with E-state index in [-0.39, 0.29) is 62.4 Å². The van der Waals surface area contributed by atoms with E-state index in [9.17, 15) is 0 Å². The minimum absolute atomic E-state index is 0. The summed E-state index contributed by atoms with van der Waals surface area (Å²) in [6, 6.07) is 0. The van der Waals surface area contributed by atoms with Gasteiger partial charge in [-0.2, -0.15) is 6.42 Å². The molecular formula is C10H28Y-2. The molecule has 0 heterocycles. The SMILES string of the molecule is C.C.C.[CH2-]CCCCC.[CH3-].[Y]. The minimum Gasteiger partial charge on any atom is -0.358 e. The van der Waals surface area contributed by atoms with E-state index >= 15 is 0 Å². The molecule has 0 bridgehead atoms. The van der Waals surface area contributed by atoms with Gasteiger partial charge in [-0.1, -0.05) is 48.5 Å². The molecule has 0 saturated carbocycles. The van der Waals surface area contributed by atoms with Crippen LogP contribution in [0.15, 0.2) is 0 Å². The van der Waals surface area contributed by atoms with Crippen molar-refractivity contribution in [3.05, 3.63) is 14.4 Å². The summed E-state index contributed by atoms with van der Waals surface area (Å²) in [5.41, 5.74) is 0. The van der Waals surface area contributed by atoms with E-state index in [1.807, 2.05) is 0 Å². The zero-order valence-electron chi connectivity index (χ0n) is 6.11. The summed E-state index contributed by atoms with van der Waals surface area (Å²) < 4.78 is 0. The van der Waals surface area contributed by atoms with Crippen LogP contribution in [0.4, 0.5) is 0 Å². The number of hydrogen-bond donors (Lipinski definition) is 0. The fourth-order valence-electron chi connectivity index (χ4n) is 0.427. The minimum atomic E-state index is 0. The predicted octanol–water partition coefficient (Wildman–Crippen LogP) is 4.76. The molecule has 1 heteroatoms. The van der Waals surface area contributed by atoms with Gasteiger partial charge < -0.3 is 14.4 Å². The summed E-state index contributed by atoms with van der Waals surface area (Å²) in [4.78, 5) is 0. The maximum absolute atomic E-state index is 3.72. The first-order valence-electron chi connectivity index (χ1n) is 2.71. The summed E-state index contributed by atoms with van der Waals surface area (Å²) in [5.74, 6) is 0. The van der Waals surface area contributed by atoms with Crippen molar-refractivity contribution in [2.24, 2.45) is 0 Å². The Morgan fingerprint density at radius 3 is 1.45 bits per heavy atom. The fraction of sp³-hybridized carbons (Fsp3) is 0.800. The molecule has 0 saturated heterocycles. The molecule has 0 spiro atoms. The first-order valence-corrected chi connectivity index (χ1v) is 2.71. The van der Waals surface area contributed by atoms with Gasteiger partial charge in [0.15, 0.2) is 0 Å². The Bertz CT molecular complexity index is 16.8. The smallest absolute Gasteiger partial charge is 0 e. The van der Waals surface area contributed by atoms with Gasteiger partial charge in [-0.3, -0.25) is 0 Å². The third-order valence-corrected chi connectivity index (χ3v) is 0.854. The second-order valence-corrected chi connectivity index (χ2v) is 1.56.